The van der Waals surface area contributed by atoms with Gasteiger partial charge in [0.1, 0.15) is 11.5 Å². The summed E-state index contributed by atoms with van der Waals surface area (Å²) in [6.07, 6.45) is 6.71. The van der Waals surface area contributed by atoms with Crippen LogP contribution in [0.2, 0.25) is 0 Å². The quantitative estimate of drug-likeness (QED) is 0.480. The highest BCUT2D eigenvalue weighted by molar-refractivity contribution is 5.46. The molecule has 0 aliphatic heterocycles. The van der Waals surface area contributed by atoms with Gasteiger partial charge in [-0.2, -0.15) is 0 Å². The van der Waals surface area contributed by atoms with Gasteiger partial charge >= 0.3 is 0 Å². The lowest BCUT2D eigenvalue weighted by Crippen LogP contribution is -1.88. The van der Waals surface area contributed by atoms with Crippen LogP contribution in [-0.2, 0) is 9.47 Å². The summed E-state index contributed by atoms with van der Waals surface area (Å²) in [5.74, 6) is 1.27. The topological polar surface area (TPSA) is 18.5 Å². The summed E-state index contributed by atoms with van der Waals surface area (Å²) in [6, 6.07) is 0. The second-order valence-electron chi connectivity index (χ2n) is 2.96. The van der Waals surface area contributed by atoms with E-state index >= 15 is 0 Å². The van der Waals surface area contributed by atoms with Crippen LogP contribution in [-0.4, -0.2) is 14.2 Å². The van der Waals surface area contributed by atoms with Crippen LogP contribution >= 0.6 is 0 Å². The molecule has 0 spiro atoms. The average Bonchev–Trinajstić information content (AvgIpc) is 2.32. The van der Waals surface area contributed by atoms with Crippen molar-refractivity contribution in [3.05, 3.63) is 73.3 Å². The molecular formula is C14H18O2. The molecule has 0 amide bonds. The normalized spacial score (nSPS) is 11.6. The van der Waals surface area contributed by atoms with Crippen LogP contribution in [0.3, 0.4) is 0 Å². The predicted octanol–water partition coefficient (Wildman–Crippen LogP) is 3.53. The highest BCUT2D eigenvalue weighted by Crippen LogP contribution is 2.14. The van der Waals surface area contributed by atoms with E-state index in [4.69, 9.17) is 9.47 Å². The van der Waals surface area contributed by atoms with Crippen LogP contribution in [0, 0.1) is 0 Å². The van der Waals surface area contributed by atoms with E-state index in [1.165, 1.54) is 0 Å². The molecule has 0 heterocycles. The maximum atomic E-state index is 5.05. The van der Waals surface area contributed by atoms with E-state index in [9.17, 15) is 0 Å². The molecule has 0 radical (unpaired) electrons. The molecule has 0 aromatic rings. The maximum Gasteiger partial charge on any atom is 0.118 e. The van der Waals surface area contributed by atoms with E-state index in [1.54, 1.807) is 38.5 Å². The van der Waals surface area contributed by atoms with E-state index in [0.717, 1.165) is 11.1 Å². The van der Waals surface area contributed by atoms with E-state index in [1.807, 2.05) is 0 Å². The number of rotatable bonds is 7. The van der Waals surface area contributed by atoms with Crippen molar-refractivity contribution < 1.29 is 9.47 Å². The largest absolute Gasteiger partial charge is 0.497 e. The molecule has 86 valence electrons. The Bertz CT molecular complexity index is 321. The van der Waals surface area contributed by atoms with Crippen molar-refractivity contribution in [1.29, 1.82) is 0 Å². The number of hydrogen-bond acceptors (Lipinski definition) is 2. The van der Waals surface area contributed by atoms with E-state index in [-0.39, 0.29) is 0 Å². The first-order valence-corrected chi connectivity index (χ1v) is 4.73. The number of ether oxygens (including phenoxy) is 2. The lowest BCUT2D eigenvalue weighted by molar-refractivity contribution is 0.306. The van der Waals surface area contributed by atoms with Crippen molar-refractivity contribution in [3.8, 4) is 0 Å². The molecule has 2 heteroatoms. The molecular weight excluding hydrogens is 200 g/mol. The van der Waals surface area contributed by atoms with Crippen LogP contribution in [0.15, 0.2) is 73.3 Å². The third kappa shape index (κ3) is 4.51. The first-order valence-electron chi connectivity index (χ1n) is 4.73. The minimum absolute atomic E-state index is 0.636. The minimum Gasteiger partial charge on any atom is -0.497 e. The fourth-order valence-corrected chi connectivity index (χ4v) is 0.931. The van der Waals surface area contributed by atoms with Crippen LogP contribution in [0.25, 0.3) is 0 Å². The number of methoxy groups -OCH3 is 2. The van der Waals surface area contributed by atoms with Crippen LogP contribution in [0.1, 0.15) is 0 Å². The first-order chi connectivity index (χ1) is 7.58. The molecule has 0 saturated carbocycles. The zero-order valence-electron chi connectivity index (χ0n) is 9.95. The van der Waals surface area contributed by atoms with Gasteiger partial charge in [-0.15, -0.1) is 0 Å². The van der Waals surface area contributed by atoms with Crippen molar-refractivity contribution in [2.45, 2.75) is 0 Å². The summed E-state index contributed by atoms with van der Waals surface area (Å²) in [4.78, 5) is 0. The van der Waals surface area contributed by atoms with Gasteiger partial charge in [-0.3, -0.25) is 0 Å². The highest BCUT2D eigenvalue weighted by Gasteiger charge is 1.98. The summed E-state index contributed by atoms with van der Waals surface area (Å²) in [5.41, 5.74) is 1.46. The molecule has 0 aliphatic carbocycles. The zero-order chi connectivity index (χ0) is 12.6. The Balaban J connectivity index is 4.82. The highest BCUT2D eigenvalue weighted by atomic mass is 16.5. The molecule has 0 aromatic carbocycles. The minimum atomic E-state index is 0.636. The maximum absolute atomic E-state index is 5.05. The lowest BCUT2D eigenvalue weighted by atomic mass is 10.1. The summed E-state index contributed by atoms with van der Waals surface area (Å²) in [7, 11) is 3.15. The second-order valence-corrected chi connectivity index (χ2v) is 2.96. The fraction of sp³-hybridized carbons (Fsp3) is 0.143. The SMILES string of the molecule is C=C/C(=C\C(=C)C(=C)/C=C(\C=C)OC)OC. The van der Waals surface area contributed by atoms with E-state index in [0.29, 0.717) is 11.5 Å². The fourth-order valence-electron chi connectivity index (χ4n) is 0.931. The predicted molar refractivity (Wildman–Crippen MR) is 68.9 cm³/mol. The molecule has 0 fully saturated rings. The van der Waals surface area contributed by atoms with Gasteiger partial charge in [-0.05, 0) is 35.5 Å². The van der Waals surface area contributed by atoms with Crippen molar-refractivity contribution in [1.82, 2.24) is 0 Å². The van der Waals surface area contributed by atoms with Crippen LogP contribution in [0.5, 0.6) is 0 Å². The van der Waals surface area contributed by atoms with Gasteiger partial charge < -0.3 is 9.47 Å². The Labute approximate surface area is 97.6 Å². The van der Waals surface area contributed by atoms with Gasteiger partial charge in [0.15, 0.2) is 0 Å². The van der Waals surface area contributed by atoms with E-state index < -0.39 is 0 Å². The third-order valence-electron chi connectivity index (χ3n) is 1.92. The van der Waals surface area contributed by atoms with Crippen molar-refractivity contribution in [3.63, 3.8) is 0 Å². The summed E-state index contributed by atoms with van der Waals surface area (Å²) < 4.78 is 10.1. The Kier molecular flexibility index (Phi) is 6.45. The lowest BCUT2D eigenvalue weighted by Gasteiger charge is -2.05. The van der Waals surface area contributed by atoms with Crippen molar-refractivity contribution in [2.75, 3.05) is 14.2 Å². The molecule has 0 aromatic heterocycles. The van der Waals surface area contributed by atoms with Crippen LogP contribution < -0.4 is 0 Å². The molecule has 0 rings (SSSR count). The molecule has 0 atom stereocenters. The Morgan fingerprint density at radius 2 is 1.12 bits per heavy atom. The molecule has 2 nitrogen and oxygen atoms in total. The summed E-state index contributed by atoms with van der Waals surface area (Å²) in [5, 5.41) is 0. The van der Waals surface area contributed by atoms with Gasteiger partial charge in [0.05, 0.1) is 14.2 Å². The van der Waals surface area contributed by atoms with Gasteiger partial charge in [0, 0.05) is 0 Å². The summed E-state index contributed by atoms with van der Waals surface area (Å²) >= 11 is 0. The Hall–Kier alpha value is -1.96. The number of allylic oxidation sites excluding steroid dienone is 6. The van der Waals surface area contributed by atoms with Crippen LogP contribution in [0.4, 0.5) is 0 Å². The second kappa shape index (κ2) is 7.35. The van der Waals surface area contributed by atoms with Gasteiger partial charge in [-0.1, -0.05) is 26.3 Å². The van der Waals surface area contributed by atoms with E-state index in [2.05, 4.69) is 26.3 Å². The smallest absolute Gasteiger partial charge is 0.118 e. The molecule has 16 heavy (non-hydrogen) atoms. The molecule has 0 saturated heterocycles. The molecule has 0 N–H and O–H groups in total. The van der Waals surface area contributed by atoms with Gasteiger partial charge in [0.25, 0.3) is 0 Å². The van der Waals surface area contributed by atoms with Crippen molar-refractivity contribution >= 4 is 0 Å². The Morgan fingerprint density at radius 1 is 0.812 bits per heavy atom. The Morgan fingerprint density at radius 3 is 1.31 bits per heavy atom. The number of hydrogen-bond donors (Lipinski definition) is 0. The average molecular weight is 218 g/mol. The van der Waals surface area contributed by atoms with Gasteiger partial charge in [-0.25, -0.2) is 0 Å². The monoisotopic (exact) mass is 218 g/mol. The zero-order valence-corrected chi connectivity index (χ0v) is 9.95. The molecule has 0 aliphatic rings. The van der Waals surface area contributed by atoms with Gasteiger partial charge in [0.2, 0.25) is 0 Å². The first kappa shape index (κ1) is 14.0. The summed E-state index contributed by atoms with van der Waals surface area (Å²) in [6.45, 7) is 15.0. The van der Waals surface area contributed by atoms with Crippen molar-refractivity contribution in [2.24, 2.45) is 0 Å². The third-order valence-corrected chi connectivity index (χ3v) is 1.92. The standard InChI is InChI=1S/C14H18O2/c1-7-13(15-5)9-11(3)12(4)10-14(8-2)16-6/h7-10H,1-4H2,5-6H3/b13-9+,14-10+. The molecule has 0 unspecified atom stereocenters. The molecule has 0 bridgehead atoms.